The summed E-state index contributed by atoms with van der Waals surface area (Å²) in [4.78, 5) is 2.00. The van der Waals surface area contributed by atoms with Gasteiger partial charge in [0.1, 0.15) is 0 Å². The van der Waals surface area contributed by atoms with Gasteiger partial charge in [0.2, 0.25) is 0 Å². The molecular weight excluding hydrogens is 374 g/mol. The largest absolute Gasteiger partial charge is 0 e. The van der Waals surface area contributed by atoms with Crippen molar-refractivity contribution in [3.63, 3.8) is 0 Å². The van der Waals surface area contributed by atoms with E-state index in [0.29, 0.717) is 0 Å². The van der Waals surface area contributed by atoms with Crippen molar-refractivity contribution in [1.82, 2.24) is 4.90 Å². The first-order chi connectivity index (χ1) is 6.73. The van der Waals surface area contributed by atoms with Gasteiger partial charge in [-0.15, -0.1) is 0 Å². The Balaban J connectivity index is -0.0000000105. The monoisotopic (exact) mass is 383 g/mol. The first-order valence-electron chi connectivity index (χ1n) is 2.36. The average molecular weight is 383 g/mol. The quantitative estimate of drug-likeness (QED) is 0.426. The van der Waals surface area contributed by atoms with E-state index in [1.807, 2.05) is 26.0 Å². The van der Waals surface area contributed by atoms with Crippen LogP contribution in [0.25, 0.3) is 0 Å². The van der Waals surface area contributed by atoms with Crippen LogP contribution in [0.3, 0.4) is 0 Å². The van der Waals surface area contributed by atoms with Crippen LogP contribution in [0.15, 0.2) is 0 Å². The van der Waals surface area contributed by atoms with Crippen LogP contribution in [-0.2, 0) is 44.3 Å². The van der Waals surface area contributed by atoms with Gasteiger partial charge < -0.3 is 4.90 Å². The maximum atomic E-state index is 7.50. The van der Waals surface area contributed by atoms with Crippen LogP contribution >= 0.6 is 0 Å². The van der Waals surface area contributed by atoms with Gasteiger partial charge in [-0.25, -0.2) is 0 Å². The Morgan fingerprint density at radius 2 is 0.533 bits per heavy atom. The van der Waals surface area contributed by atoms with Crippen LogP contribution in [0.2, 0.25) is 0 Å². The van der Waals surface area contributed by atoms with Gasteiger partial charge >= 0.3 is 56.5 Å². The molecule has 7 heteroatoms. The second-order valence-electron chi connectivity index (χ2n) is 1.34. The van der Waals surface area contributed by atoms with E-state index in [-0.39, 0.29) is 21.1 Å². The van der Waals surface area contributed by atoms with Gasteiger partial charge in [-0.2, -0.15) is 0 Å². The molecule has 0 aromatic heterocycles. The Labute approximate surface area is 104 Å². The van der Waals surface area contributed by atoms with E-state index in [4.69, 9.17) is 23.3 Å². The normalized spacial score (nSPS) is 3.07. The van der Waals surface area contributed by atoms with E-state index in [1.54, 1.807) is 0 Å². The number of hydrogen-bond acceptors (Lipinski definition) is 1. The smallest absolute Gasteiger partial charge is 0 e. The molecule has 0 spiro atoms. The molecule has 0 aliphatic heterocycles. The Kier molecular flexibility index (Phi) is 1160. The molecule has 0 bridgehead atoms. The first-order valence-corrected chi connectivity index (χ1v) is 2.36. The van der Waals surface area contributed by atoms with Crippen molar-refractivity contribution in [3.05, 3.63) is 33.3 Å². The van der Waals surface area contributed by atoms with Crippen LogP contribution in [0, 0.1) is 33.3 Å². The van der Waals surface area contributed by atoms with Gasteiger partial charge in [-0.05, 0) is 21.1 Å². The van der Waals surface area contributed by atoms with Gasteiger partial charge in [0, 0.05) is 21.1 Å². The van der Waals surface area contributed by atoms with Crippen LogP contribution in [0.1, 0.15) is 0 Å². The second-order valence-corrected chi connectivity index (χ2v) is 1.34. The summed E-state index contributed by atoms with van der Waals surface area (Å²) in [5.74, 6) is 0. The molecule has 0 amide bonds. The SMILES string of the molecule is CN(C)C.[C-]#[O+].[C-]#[O+].[C-]#[O+].[C-]#[O+].[C-]#[O+].[W]. The Morgan fingerprint density at radius 1 is 0.533 bits per heavy atom. The van der Waals surface area contributed by atoms with Gasteiger partial charge in [-0.1, -0.05) is 0 Å². The third-order valence-electron chi connectivity index (χ3n) is 0. The maximum Gasteiger partial charge on any atom is 0 e. The fourth-order valence-corrected chi connectivity index (χ4v) is 0. The standard InChI is InChI=1S/C3H9N.5CO.W/c1-4(2)3;5*1-2;/h1-3H3;;;;;;. The molecule has 6 nitrogen and oxygen atoms in total. The summed E-state index contributed by atoms with van der Waals surface area (Å²) in [5.41, 5.74) is 0. The molecule has 0 heterocycles. The molecule has 0 aromatic rings. The molecule has 0 saturated carbocycles. The average Bonchev–Trinajstić information content (AvgIpc) is 2.30. The fraction of sp³-hybridized carbons (Fsp3) is 0.375. The third kappa shape index (κ3) is 4050. The zero-order valence-corrected chi connectivity index (χ0v) is 11.3. The van der Waals surface area contributed by atoms with Gasteiger partial charge in [0.15, 0.2) is 0 Å². The summed E-state index contributed by atoms with van der Waals surface area (Å²) in [5, 5.41) is 0. The molecule has 0 aromatic carbocycles. The van der Waals surface area contributed by atoms with Crippen LogP contribution in [0.4, 0.5) is 0 Å². The molecule has 0 aliphatic carbocycles. The van der Waals surface area contributed by atoms with E-state index in [0.717, 1.165) is 0 Å². The van der Waals surface area contributed by atoms with Gasteiger partial charge in [0.05, 0.1) is 0 Å². The minimum Gasteiger partial charge on any atom is 0 e. The summed E-state index contributed by atoms with van der Waals surface area (Å²) in [6.45, 7) is 22.5. The predicted octanol–water partition coefficient (Wildman–Crippen LogP) is -0.0122. The van der Waals surface area contributed by atoms with Gasteiger partial charge in [-0.3, -0.25) is 0 Å². The Bertz CT molecular complexity index is 110. The molecule has 0 saturated heterocycles. The topological polar surface area (TPSA) is 103 Å². The Morgan fingerprint density at radius 3 is 0.533 bits per heavy atom. The van der Waals surface area contributed by atoms with Crippen molar-refractivity contribution in [2.45, 2.75) is 0 Å². The first kappa shape index (κ1) is 47.3. The maximum absolute atomic E-state index is 7.50. The van der Waals surface area contributed by atoms with E-state index in [9.17, 15) is 0 Å². The molecule has 0 fully saturated rings. The zero-order chi connectivity index (χ0) is 13.6. The summed E-state index contributed by atoms with van der Waals surface area (Å²) in [6.07, 6.45) is 0. The molecule has 0 aliphatic rings. The van der Waals surface area contributed by atoms with Crippen molar-refractivity contribution >= 4 is 0 Å². The summed E-state index contributed by atoms with van der Waals surface area (Å²) >= 11 is 0. The van der Waals surface area contributed by atoms with Crippen molar-refractivity contribution in [2.75, 3.05) is 21.1 Å². The zero-order valence-electron chi connectivity index (χ0n) is 8.40. The Hall–Kier alpha value is -0.652. The summed E-state index contributed by atoms with van der Waals surface area (Å²) in [6, 6.07) is 0. The minimum absolute atomic E-state index is 0. The molecule has 0 rings (SSSR count). The van der Waals surface area contributed by atoms with Crippen molar-refractivity contribution < 1.29 is 44.3 Å². The van der Waals surface area contributed by atoms with Crippen molar-refractivity contribution in [2.24, 2.45) is 0 Å². The fourth-order valence-electron chi connectivity index (χ4n) is 0. The van der Waals surface area contributed by atoms with Gasteiger partial charge in [0.25, 0.3) is 0 Å². The third-order valence-corrected chi connectivity index (χ3v) is 0. The number of hydrogen-bond donors (Lipinski definition) is 0. The molecule has 82 valence electrons. The molecule has 0 unspecified atom stereocenters. The van der Waals surface area contributed by atoms with E-state index < -0.39 is 0 Å². The molecule has 15 heavy (non-hydrogen) atoms. The van der Waals surface area contributed by atoms with Crippen LogP contribution in [-0.4, -0.2) is 26.0 Å². The summed E-state index contributed by atoms with van der Waals surface area (Å²) < 4.78 is 37.5. The van der Waals surface area contributed by atoms with Crippen LogP contribution < -0.4 is 0 Å². The molecule has 0 atom stereocenters. The minimum atomic E-state index is 0. The second kappa shape index (κ2) is 369. The molecule has 0 radical (unpaired) electrons. The number of nitrogens with zero attached hydrogens (tertiary/aromatic N) is 1. The van der Waals surface area contributed by atoms with E-state index in [2.05, 4.69) is 33.3 Å². The van der Waals surface area contributed by atoms with Crippen molar-refractivity contribution in [1.29, 1.82) is 0 Å². The van der Waals surface area contributed by atoms with Crippen LogP contribution in [0.5, 0.6) is 0 Å². The number of rotatable bonds is 0. The van der Waals surface area contributed by atoms with E-state index >= 15 is 0 Å². The molecular formula is C8H9NO5W. The van der Waals surface area contributed by atoms with Crippen molar-refractivity contribution in [3.8, 4) is 0 Å². The van der Waals surface area contributed by atoms with E-state index in [1.165, 1.54) is 0 Å². The summed E-state index contributed by atoms with van der Waals surface area (Å²) in [7, 11) is 6.00. The predicted molar refractivity (Wildman–Crippen MR) is 39.3 cm³/mol. The molecule has 0 N–H and O–H groups in total.